The Hall–Kier alpha value is 3.38. The van der Waals surface area contributed by atoms with Crippen molar-refractivity contribution in [3.8, 4) is 0 Å². The molecule has 0 spiro atoms. The van der Waals surface area contributed by atoms with Crippen LogP contribution in [0.1, 0.15) is 0 Å². The van der Waals surface area contributed by atoms with Gasteiger partial charge in [-0.3, -0.25) is 0 Å². The van der Waals surface area contributed by atoms with Gasteiger partial charge in [-0.15, -0.1) is 0 Å². The van der Waals surface area contributed by atoms with E-state index in [4.69, 9.17) is 22.6 Å². The topological polar surface area (TPSA) is 0 Å². The van der Waals surface area contributed by atoms with Crippen molar-refractivity contribution in [3.05, 3.63) is 0 Å². The van der Waals surface area contributed by atoms with Gasteiger partial charge in [-0.05, 0) is 0 Å². The van der Waals surface area contributed by atoms with Crippen LogP contribution in [-0.4, -0.2) is 25.9 Å². The summed E-state index contributed by atoms with van der Waals surface area (Å²) in [7, 11) is 0. The Balaban J connectivity index is 4.43. The molecule has 0 rings (SSSR count). The Labute approximate surface area is 45.9 Å². The Morgan fingerprint density at radius 2 is 0.571 bits per heavy atom. The van der Waals surface area contributed by atoms with E-state index in [0.29, 0.717) is 0 Å². The predicted molar refractivity (Wildman–Crippen MR) is 40.9 cm³/mol. The maximum absolute atomic E-state index is 5.65. The average molecular weight is 252 g/mol. The van der Waals surface area contributed by atoms with Gasteiger partial charge in [0.25, 0.3) is 0 Å². The third-order valence-corrected chi connectivity index (χ3v) is 0. The number of halogens is 6. The van der Waals surface area contributed by atoms with Crippen molar-refractivity contribution in [3.63, 3.8) is 0 Å². The second-order valence-electron chi connectivity index (χ2n) is 2.14. The molecule has 0 aliphatic heterocycles. The average Bonchev–Trinajstić information content (AvgIpc) is 0.592. The molecule has 0 unspecified atom stereocenters. The van der Waals surface area contributed by atoms with Crippen molar-refractivity contribution in [2.45, 2.75) is 0 Å². The fraction of sp³-hybridized carbons (Fsp3) is 0. The number of hydrogen-bond acceptors (Lipinski definition) is 0. The molecule has 7 heteroatoms. The van der Waals surface area contributed by atoms with Crippen LogP contribution in [0.25, 0.3) is 0 Å². The molecular weight excluding hydrogens is 252 g/mol. The molecule has 0 bridgehead atoms. The fourth-order valence-electron chi connectivity index (χ4n) is 0. The molecule has 0 fully saturated rings. The summed E-state index contributed by atoms with van der Waals surface area (Å²) in [4.78, 5) is 0. The van der Waals surface area contributed by atoms with Crippen LogP contribution >= 0.6 is 22.6 Å². The molecule has 43 valence electrons. The van der Waals surface area contributed by atoms with Crippen molar-refractivity contribution in [2.75, 3.05) is 0 Å². The zero-order valence-electron chi connectivity index (χ0n) is 3.27. The van der Waals surface area contributed by atoms with E-state index in [1.165, 1.54) is 0 Å². The van der Waals surface area contributed by atoms with Gasteiger partial charge in [0.05, 0.1) is 0 Å². The molecule has 0 aromatic carbocycles. The zero-order valence-corrected chi connectivity index (χ0v) is 10.9. The zero-order chi connectivity index (χ0) is 6.41. The molecule has 1 radical (unpaired) electrons. The summed E-state index contributed by atoms with van der Waals surface area (Å²) in [5.74, 6) is 0. The van der Waals surface area contributed by atoms with E-state index in [-0.39, 0.29) is 0 Å². The number of rotatable bonds is 0. The number of hydrogen-bond donors (Lipinski definition) is 0. The summed E-state index contributed by atoms with van der Waals surface area (Å²) >= 11 is -5.65. The quantitative estimate of drug-likeness (QED) is 0.575. The van der Waals surface area contributed by atoms with E-state index >= 15 is 0 Å². The summed E-state index contributed by atoms with van der Waals surface area (Å²) in [5.41, 5.74) is 0. The first-order valence-electron chi connectivity index (χ1n) is 2.27. The molecule has 7 heavy (non-hydrogen) atoms. The molecular formula is Cl6K. The van der Waals surface area contributed by atoms with Gasteiger partial charge < -0.3 is 0 Å². The third kappa shape index (κ3) is 44.8. The summed E-state index contributed by atoms with van der Waals surface area (Å²) in [6.45, 7) is 0. The Morgan fingerprint density at radius 1 is 0.571 bits per heavy atom. The first-order chi connectivity index (χ1) is 2.45. The molecule has 0 aliphatic carbocycles. The van der Waals surface area contributed by atoms with Crippen LogP contribution in [0, 0.1) is 0 Å². The van der Waals surface area contributed by atoms with Crippen LogP contribution in [0.3, 0.4) is 0 Å². The normalized spacial score (nSPS) is 18.0. The standard InChI is InChI=1S/6ClH.K/h6*1H;/q;;;;;;+6/p-6. The van der Waals surface area contributed by atoms with Crippen molar-refractivity contribution < 1.29 is 0 Å². The first kappa shape index (κ1) is 10.4. The Kier molecular flexibility index (Phi) is 2.89. The SMILES string of the molecule is [Cl][K]([Cl])([Cl])([Cl])([Cl])[Cl]. The molecule has 0 aliphatic rings. The molecule has 0 nitrogen and oxygen atoms in total. The van der Waals surface area contributed by atoms with Gasteiger partial charge in [-0.25, -0.2) is 0 Å². The summed E-state index contributed by atoms with van der Waals surface area (Å²) in [5, 5.41) is 0. The van der Waals surface area contributed by atoms with Crippen molar-refractivity contribution >= 4 is 48.5 Å². The van der Waals surface area contributed by atoms with E-state index in [1.54, 1.807) is 0 Å². The van der Waals surface area contributed by atoms with Crippen LogP contribution in [0.2, 0.25) is 0 Å². The van der Waals surface area contributed by atoms with Gasteiger partial charge >= 0.3 is 48.5 Å². The van der Waals surface area contributed by atoms with Crippen LogP contribution < -0.4 is 0 Å². The minimum atomic E-state index is -5.65. The molecule has 0 atom stereocenters. The molecule has 0 aromatic heterocycles. The van der Waals surface area contributed by atoms with Crippen molar-refractivity contribution in [1.29, 1.82) is 0 Å². The summed E-state index contributed by atoms with van der Waals surface area (Å²) in [6.07, 6.45) is 0. The van der Waals surface area contributed by atoms with Crippen LogP contribution in [0.5, 0.6) is 0 Å². The second kappa shape index (κ2) is 1.95. The molecule has 0 heterocycles. The Morgan fingerprint density at radius 3 is 0.571 bits per heavy atom. The van der Waals surface area contributed by atoms with E-state index in [0.717, 1.165) is 0 Å². The van der Waals surface area contributed by atoms with Crippen LogP contribution in [0.4, 0.5) is 0 Å². The molecule has 0 N–H and O–H groups in total. The summed E-state index contributed by atoms with van der Waals surface area (Å²) in [6, 6.07) is 0. The second-order valence-corrected chi connectivity index (χ2v) is 79.5. The summed E-state index contributed by atoms with van der Waals surface area (Å²) < 4.78 is 30.5. The fourth-order valence-corrected chi connectivity index (χ4v) is 0. The van der Waals surface area contributed by atoms with E-state index < -0.39 is 25.9 Å². The molecule has 0 saturated heterocycles. The molecule has 0 amide bonds. The third-order valence-electron chi connectivity index (χ3n) is 0. The van der Waals surface area contributed by atoms with Gasteiger partial charge in [-0.2, -0.15) is 0 Å². The molecule has 0 saturated carbocycles. The van der Waals surface area contributed by atoms with Crippen molar-refractivity contribution in [2.24, 2.45) is 0 Å². The van der Waals surface area contributed by atoms with E-state index in [9.17, 15) is 0 Å². The van der Waals surface area contributed by atoms with Gasteiger partial charge in [0, 0.05) is 0 Å². The predicted octanol–water partition coefficient (Wildman–Crippen LogP) is 3.76. The van der Waals surface area contributed by atoms with Gasteiger partial charge in [0.1, 0.15) is 0 Å². The van der Waals surface area contributed by atoms with E-state index in [2.05, 4.69) is 0 Å². The Bertz CT molecular complexity index is 62.7. The van der Waals surface area contributed by atoms with Gasteiger partial charge in [-0.1, -0.05) is 0 Å². The van der Waals surface area contributed by atoms with Gasteiger partial charge in [0.2, 0.25) is 0 Å². The molecule has 0 aromatic rings. The van der Waals surface area contributed by atoms with Crippen LogP contribution in [0.15, 0.2) is 0 Å². The minimum absolute atomic E-state index is 5.09. The maximum atomic E-state index is 5.09. The first-order valence-corrected chi connectivity index (χ1v) is 28.1. The van der Waals surface area contributed by atoms with Crippen LogP contribution in [-0.2, 0) is 0 Å². The van der Waals surface area contributed by atoms with Crippen molar-refractivity contribution in [1.82, 2.24) is 0 Å². The van der Waals surface area contributed by atoms with Gasteiger partial charge in [0.15, 0.2) is 0 Å². The monoisotopic (exact) mass is 249 g/mol. The van der Waals surface area contributed by atoms with E-state index in [1.807, 2.05) is 0 Å².